The molecule has 0 radical (unpaired) electrons. The molecular weight excluding hydrogens is 356 g/mol. The lowest BCUT2D eigenvalue weighted by Crippen LogP contribution is -2.46. The second kappa shape index (κ2) is 8.46. The van der Waals surface area contributed by atoms with E-state index in [0.717, 1.165) is 30.0 Å². The summed E-state index contributed by atoms with van der Waals surface area (Å²) in [5.41, 5.74) is 1.50. The van der Waals surface area contributed by atoms with E-state index in [0.29, 0.717) is 23.7 Å². The number of hydrogen-bond donors (Lipinski definition) is 3. The van der Waals surface area contributed by atoms with Crippen molar-refractivity contribution in [2.45, 2.75) is 51.0 Å². The minimum atomic E-state index is -0.545. The third kappa shape index (κ3) is 5.01. The van der Waals surface area contributed by atoms with Crippen molar-refractivity contribution in [2.75, 3.05) is 25.1 Å². The summed E-state index contributed by atoms with van der Waals surface area (Å²) < 4.78 is 5.83. The molecule has 0 saturated heterocycles. The van der Waals surface area contributed by atoms with Crippen LogP contribution in [-0.2, 0) is 4.74 Å². The third-order valence-corrected chi connectivity index (χ3v) is 7.03. The predicted molar refractivity (Wildman–Crippen MR) is 113 cm³/mol. The first-order valence-corrected chi connectivity index (χ1v) is 10.9. The molecule has 4 nitrogen and oxygen atoms in total. The quantitative estimate of drug-likeness (QED) is 0.465. The number of thiocarbonyl (C=S) groups is 1. The molecule has 0 heterocycles. The highest BCUT2D eigenvalue weighted by atomic mass is 32.1. The average molecular weight is 389 g/mol. The number of nitrogens with one attached hydrogen (secondary N) is 2. The van der Waals surface area contributed by atoms with Crippen molar-refractivity contribution in [1.82, 2.24) is 5.32 Å². The Balaban J connectivity index is 1.11. The van der Waals surface area contributed by atoms with Crippen molar-refractivity contribution >= 4 is 23.0 Å². The molecule has 0 amide bonds. The van der Waals surface area contributed by atoms with E-state index in [1.165, 1.54) is 44.9 Å². The van der Waals surface area contributed by atoms with E-state index in [1.54, 1.807) is 0 Å². The molecule has 148 valence electrons. The summed E-state index contributed by atoms with van der Waals surface area (Å²) in [7, 11) is 0. The van der Waals surface area contributed by atoms with Crippen LogP contribution < -0.4 is 10.6 Å². The molecule has 4 aliphatic carbocycles. The van der Waals surface area contributed by atoms with Crippen LogP contribution in [0, 0.1) is 23.2 Å². The molecule has 1 aromatic rings. The van der Waals surface area contributed by atoms with Gasteiger partial charge >= 0.3 is 0 Å². The topological polar surface area (TPSA) is 53.5 Å². The molecule has 4 bridgehead atoms. The molecule has 5 rings (SSSR count). The predicted octanol–water partition coefficient (Wildman–Crippen LogP) is 3.96. The Morgan fingerprint density at radius 3 is 2.37 bits per heavy atom. The number of benzene rings is 1. The SMILES string of the molecule is O[C@@H](CNC(=S)Nc1ccccc1)COCCC12CC3CC(CC(C3)C1)C2. The Morgan fingerprint density at radius 1 is 1.11 bits per heavy atom. The van der Waals surface area contributed by atoms with Gasteiger partial charge in [0.2, 0.25) is 0 Å². The van der Waals surface area contributed by atoms with Gasteiger partial charge in [0.05, 0.1) is 12.7 Å². The molecule has 5 heteroatoms. The lowest BCUT2D eigenvalue weighted by molar-refractivity contribution is -0.0728. The summed E-state index contributed by atoms with van der Waals surface area (Å²) in [5, 5.41) is 16.8. The monoisotopic (exact) mass is 388 g/mol. The van der Waals surface area contributed by atoms with E-state index in [1.807, 2.05) is 30.3 Å². The van der Waals surface area contributed by atoms with Gasteiger partial charge < -0.3 is 20.5 Å². The highest BCUT2D eigenvalue weighted by molar-refractivity contribution is 7.80. The molecule has 1 aromatic carbocycles. The van der Waals surface area contributed by atoms with E-state index in [9.17, 15) is 5.11 Å². The largest absolute Gasteiger partial charge is 0.389 e. The second-order valence-corrected chi connectivity index (χ2v) is 9.51. The lowest BCUT2D eigenvalue weighted by atomic mass is 9.49. The van der Waals surface area contributed by atoms with Crippen LogP contribution in [0.25, 0.3) is 0 Å². The fraction of sp³-hybridized carbons (Fsp3) is 0.682. The van der Waals surface area contributed by atoms with E-state index in [4.69, 9.17) is 17.0 Å². The highest BCUT2D eigenvalue weighted by Crippen LogP contribution is 2.61. The maximum Gasteiger partial charge on any atom is 0.170 e. The average Bonchev–Trinajstić information content (AvgIpc) is 2.63. The van der Waals surface area contributed by atoms with E-state index >= 15 is 0 Å². The van der Waals surface area contributed by atoms with Crippen LogP contribution in [0.4, 0.5) is 5.69 Å². The highest BCUT2D eigenvalue weighted by Gasteiger charge is 2.50. The maximum atomic E-state index is 10.1. The number of rotatable bonds is 8. The van der Waals surface area contributed by atoms with Crippen LogP contribution >= 0.6 is 12.2 Å². The van der Waals surface area contributed by atoms with Crippen LogP contribution in [-0.4, -0.2) is 36.1 Å². The molecule has 0 aliphatic heterocycles. The molecule has 4 saturated carbocycles. The molecule has 4 fully saturated rings. The molecular formula is C22H32N2O2S. The van der Waals surface area contributed by atoms with Gasteiger partial charge in [0.25, 0.3) is 0 Å². The Bertz CT molecular complexity index is 601. The zero-order valence-electron chi connectivity index (χ0n) is 16.0. The normalized spacial score (nSPS) is 32.3. The molecule has 4 aliphatic rings. The molecule has 0 spiro atoms. The Kier molecular flexibility index (Phi) is 6.00. The number of ether oxygens (including phenoxy) is 1. The third-order valence-electron chi connectivity index (χ3n) is 6.78. The summed E-state index contributed by atoms with van der Waals surface area (Å²) in [5.74, 6) is 2.97. The van der Waals surface area contributed by atoms with Crippen molar-refractivity contribution in [3.05, 3.63) is 30.3 Å². The Labute approximate surface area is 168 Å². The minimum Gasteiger partial charge on any atom is -0.389 e. The first-order valence-electron chi connectivity index (χ1n) is 10.5. The first kappa shape index (κ1) is 19.2. The lowest BCUT2D eigenvalue weighted by Gasteiger charge is -2.57. The van der Waals surface area contributed by atoms with Crippen LogP contribution in [0.15, 0.2) is 30.3 Å². The summed E-state index contributed by atoms with van der Waals surface area (Å²) in [4.78, 5) is 0. The zero-order chi connectivity index (χ0) is 18.7. The van der Waals surface area contributed by atoms with Gasteiger partial charge in [-0.15, -0.1) is 0 Å². The van der Waals surface area contributed by atoms with Crippen LogP contribution in [0.5, 0.6) is 0 Å². The smallest absolute Gasteiger partial charge is 0.170 e. The molecule has 27 heavy (non-hydrogen) atoms. The van der Waals surface area contributed by atoms with Gasteiger partial charge in [-0.3, -0.25) is 0 Å². The Morgan fingerprint density at radius 2 is 1.74 bits per heavy atom. The van der Waals surface area contributed by atoms with Crippen molar-refractivity contribution in [1.29, 1.82) is 0 Å². The molecule has 0 aromatic heterocycles. The summed E-state index contributed by atoms with van der Waals surface area (Å²) in [6.45, 7) is 1.54. The summed E-state index contributed by atoms with van der Waals surface area (Å²) in [6.07, 6.45) is 9.36. The van der Waals surface area contributed by atoms with Crippen molar-refractivity contribution in [3.63, 3.8) is 0 Å². The van der Waals surface area contributed by atoms with E-state index in [-0.39, 0.29) is 0 Å². The molecule has 3 N–H and O–H groups in total. The standard InChI is InChI=1S/C22H32N2O2S/c25-20(14-23-21(27)24-19-4-2-1-3-5-19)15-26-7-6-22-11-16-8-17(12-22)10-18(9-16)13-22/h1-5,16-18,20,25H,6-15H2,(H2,23,24,27)/t16?,17?,18?,20-,22?/m0/s1. The number of aliphatic hydroxyl groups excluding tert-OH is 1. The van der Waals surface area contributed by atoms with Gasteiger partial charge in [-0.1, -0.05) is 18.2 Å². The fourth-order valence-electron chi connectivity index (χ4n) is 6.07. The summed E-state index contributed by atoms with van der Waals surface area (Å²) in [6, 6.07) is 9.79. The summed E-state index contributed by atoms with van der Waals surface area (Å²) >= 11 is 5.26. The number of anilines is 1. The van der Waals surface area contributed by atoms with Gasteiger partial charge in [0.15, 0.2) is 5.11 Å². The zero-order valence-corrected chi connectivity index (χ0v) is 16.8. The van der Waals surface area contributed by atoms with E-state index in [2.05, 4.69) is 10.6 Å². The van der Waals surface area contributed by atoms with Gasteiger partial charge in [0, 0.05) is 18.8 Å². The van der Waals surface area contributed by atoms with Gasteiger partial charge in [-0.2, -0.15) is 0 Å². The fourth-order valence-corrected chi connectivity index (χ4v) is 6.27. The maximum absolute atomic E-state index is 10.1. The van der Waals surface area contributed by atoms with Crippen LogP contribution in [0.3, 0.4) is 0 Å². The van der Waals surface area contributed by atoms with E-state index < -0.39 is 6.10 Å². The van der Waals surface area contributed by atoms with Crippen molar-refractivity contribution < 1.29 is 9.84 Å². The van der Waals surface area contributed by atoms with Crippen molar-refractivity contribution in [3.8, 4) is 0 Å². The first-order chi connectivity index (χ1) is 13.1. The number of hydrogen-bond acceptors (Lipinski definition) is 3. The Hall–Kier alpha value is -1.17. The van der Waals surface area contributed by atoms with Crippen LogP contribution in [0.1, 0.15) is 44.9 Å². The second-order valence-electron chi connectivity index (χ2n) is 9.10. The molecule has 0 unspecified atom stereocenters. The van der Waals surface area contributed by atoms with Gasteiger partial charge in [-0.05, 0) is 92.5 Å². The number of para-hydroxylation sites is 1. The van der Waals surface area contributed by atoms with Crippen molar-refractivity contribution in [2.24, 2.45) is 23.2 Å². The van der Waals surface area contributed by atoms with Crippen LogP contribution in [0.2, 0.25) is 0 Å². The minimum absolute atomic E-state index is 0.368. The number of aliphatic hydroxyl groups is 1. The van der Waals surface area contributed by atoms with Gasteiger partial charge in [0.1, 0.15) is 0 Å². The molecule has 1 atom stereocenters. The van der Waals surface area contributed by atoms with Gasteiger partial charge in [-0.25, -0.2) is 0 Å².